The average Bonchev–Trinajstić information content (AvgIpc) is 3.87. The molecule has 0 heterocycles. The van der Waals surface area contributed by atoms with Crippen LogP contribution >= 0.6 is 0 Å². The molecule has 0 heteroatoms. The first-order chi connectivity index (χ1) is 33.2. The molecule has 2 unspecified atom stereocenters. The van der Waals surface area contributed by atoms with Gasteiger partial charge >= 0.3 is 0 Å². The summed E-state index contributed by atoms with van der Waals surface area (Å²) in [5, 5.41) is 7.57. The molecule has 3 aliphatic rings. The van der Waals surface area contributed by atoms with Crippen LogP contribution in [-0.4, -0.2) is 0 Å². The topological polar surface area (TPSA) is 0 Å². The van der Waals surface area contributed by atoms with E-state index in [-0.39, 0.29) is 5.41 Å². The average molecular weight is 853 g/mol. The second-order valence-corrected chi connectivity index (χ2v) is 19.3. The smallest absolute Gasteiger partial charge is 0.0500 e. The molecule has 0 saturated heterocycles. The predicted molar refractivity (Wildman–Crippen MR) is 283 cm³/mol. The van der Waals surface area contributed by atoms with Gasteiger partial charge < -0.3 is 0 Å². The number of rotatable bonds is 5. The lowest BCUT2D eigenvalue weighted by Gasteiger charge is -2.39. The van der Waals surface area contributed by atoms with Crippen LogP contribution < -0.4 is 0 Å². The summed E-state index contributed by atoms with van der Waals surface area (Å²) < 4.78 is 0. The Balaban J connectivity index is 1.02. The maximum Gasteiger partial charge on any atom is 0.0500 e. The lowest BCUT2D eigenvalue weighted by Crippen LogP contribution is -2.35. The van der Waals surface area contributed by atoms with E-state index in [0.717, 1.165) is 0 Å². The van der Waals surface area contributed by atoms with Gasteiger partial charge in [0.05, 0.1) is 5.41 Å². The highest BCUT2D eigenvalue weighted by molar-refractivity contribution is 6.23. The van der Waals surface area contributed by atoms with Gasteiger partial charge in [0.1, 0.15) is 0 Å². The summed E-state index contributed by atoms with van der Waals surface area (Å²) in [5.74, 6) is 1.13. The maximum atomic E-state index is 2.62. The molecule has 0 N–H and O–H groups in total. The molecular formula is C67H48. The minimum absolute atomic E-state index is 0.143. The molecule has 1 fully saturated rings. The van der Waals surface area contributed by atoms with Crippen LogP contribution in [0.3, 0.4) is 0 Å². The standard InChI is InChI=1S/C67H48/c1-4-18-43(19-5-1)57-38-46-24-10-11-25-47(46)39-58(57)50-34-36-52-51-35-32-48(40-59(51)65(44-20-6-2-7-21-44)66(60(52)41-50)45-22-8-3-9-23-45)49-33-37-56-55-28-14-17-31-63(55)67(64(56)42-49)61-29-15-12-26-53(61)54-27-13-16-30-62(54)67/h1-13,15-16,18-27,29-30,32-42,55,63H,14,17,28,31H2. The second-order valence-electron chi connectivity index (χ2n) is 19.3. The van der Waals surface area contributed by atoms with Crippen LogP contribution in [-0.2, 0) is 5.41 Å². The monoisotopic (exact) mass is 852 g/mol. The minimum atomic E-state index is -0.143. The Labute approximate surface area is 392 Å². The van der Waals surface area contributed by atoms with Gasteiger partial charge in [0, 0.05) is 0 Å². The molecule has 316 valence electrons. The molecule has 1 saturated carbocycles. The Hall–Kier alpha value is -7.80. The Morgan fingerprint density at radius 3 is 1.37 bits per heavy atom. The molecular weight excluding hydrogens is 805 g/mol. The molecule has 67 heavy (non-hydrogen) atoms. The summed E-state index contributed by atoms with van der Waals surface area (Å²) in [6.07, 6.45) is 5.14. The number of benzene rings is 11. The van der Waals surface area contributed by atoms with E-state index >= 15 is 0 Å². The molecule has 11 aromatic carbocycles. The van der Waals surface area contributed by atoms with E-state index in [1.807, 2.05) is 0 Å². The third-order valence-electron chi connectivity index (χ3n) is 16.1. The van der Waals surface area contributed by atoms with Crippen LogP contribution in [0, 0.1) is 5.92 Å². The van der Waals surface area contributed by atoms with E-state index in [2.05, 4.69) is 231 Å². The molecule has 0 radical (unpaired) electrons. The highest BCUT2D eigenvalue weighted by Gasteiger charge is 2.58. The Bertz CT molecular complexity index is 3700. The number of hydrogen-bond donors (Lipinski definition) is 0. The highest BCUT2D eigenvalue weighted by Crippen LogP contribution is 2.67. The summed E-state index contributed by atoms with van der Waals surface area (Å²) in [6, 6.07) is 87.5. The quantitative estimate of drug-likeness (QED) is 0.151. The van der Waals surface area contributed by atoms with Crippen LogP contribution in [0.15, 0.2) is 231 Å². The first-order valence-electron chi connectivity index (χ1n) is 24.3. The summed E-state index contributed by atoms with van der Waals surface area (Å²) >= 11 is 0. The fourth-order valence-corrected chi connectivity index (χ4v) is 13.3. The summed E-state index contributed by atoms with van der Waals surface area (Å²) in [7, 11) is 0. The van der Waals surface area contributed by atoms with Gasteiger partial charge in [-0.05, 0) is 176 Å². The van der Waals surface area contributed by atoms with Crippen molar-refractivity contribution < 1.29 is 0 Å². The van der Waals surface area contributed by atoms with Crippen molar-refractivity contribution >= 4 is 32.3 Å². The first kappa shape index (κ1) is 38.5. The van der Waals surface area contributed by atoms with Crippen LogP contribution in [0.4, 0.5) is 0 Å². The Kier molecular flexibility index (Phi) is 8.68. The van der Waals surface area contributed by atoms with Crippen LogP contribution in [0.1, 0.15) is 53.9 Å². The van der Waals surface area contributed by atoms with Gasteiger partial charge in [-0.1, -0.05) is 213 Å². The minimum Gasteiger partial charge on any atom is -0.0622 e. The van der Waals surface area contributed by atoms with Crippen molar-refractivity contribution in [1.82, 2.24) is 0 Å². The molecule has 2 atom stereocenters. The zero-order valence-electron chi connectivity index (χ0n) is 37.4. The Morgan fingerprint density at radius 1 is 0.299 bits per heavy atom. The van der Waals surface area contributed by atoms with E-state index in [0.29, 0.717) is 11.8 Å². The van der Waals surface area contributed by atoms with E-state index < -0.39 is 0 Å². The fraction of sp³-hybridized carbons (Fsp3) is 0.104. The zero-order valence-corrected chi connectivity index (χ0v) is 37.4. The SMILES string of the molecule is c1ccc(-c2cc3ccccc3cc2-c2ccc3c(c2)c(-c2ccccc2)c(-c2ccccc2)c2cc(-c4ccc5c(c4)C4(c6ccccc6-c6ccccc64)C4CCCCC54)ccc23)cc1. The first-order valence-corrected chi connectivity index (χ1v) is 24.3. The number of fused-ring (bicyclic) bond motifs is 14. The summed E-state index contributed by atoms with van der Waals surface area (Å²) in [5.41, 5.74) is 21.3. The van der Waals surface area contributed by atoms with E-state index in [9.17, 15) is 0 Å². The molecule has 3 aliphatic carbocycles. The van der Waals surface area contributed by atoms with E-state index in [1.165, 1.54) is 141 Å². The molecule has 0 nitrogen and oxygen atoms in total. The van der Waals surface area contributed by atoms with Gasteiger partial charge in [-0.15, -0.1) is 0 Å². The molecule has 11 aromatic rings. The number of hydrogen-bond acceptors (Lipinski definition) is 0. The van der Waals surface area contributed by atoms with Gasteiger partial charge in [-0.25, -0.2) is 0 Å². The van der Waals surface area contributed by atoms with Crippen molar-refractivity contribution in [3.8, 4) is 66.8 Å². The zero-order chi connectivity index (χ0) is 44.1. The molecule has 0 amide bonds. The Morgan fingerprint density at radius 2 is 0.761 bits per heavy atom. The summed E-state index contributed by atoms with van der Waals surface area (Å²) in [6.45, 7) is 0. The van der Waals surface area contributed by atoms with Crippen molar-refractivity contribution in [1.29, 1.82) is 0 Å². The van der Waals surface area contributed by atoms with Gasteiger partial charge in [-0.2, -0.15) is 0 Å². The normalized spacial score (nSPS) is 16.5. The van der Waals surface area contributed by atoms with Crippen molar-refractivity contribution in [2.75, 3.05) is 0 Å². The molecule has 1 spiro atoms. The van der Waals surface area contributed by atoms with Crippen molar-refractivity contribution in [2.45, 2.75) is 37.0 Å². The van der Waals surface area contributed by atoms with Crippen molar-refractivity contribution in [3.05, 3.63) is 253 Å². The van der Waals surface area contributed by atoms with Gasteiger partial charge in [0.2, 0.25) is 0 Å². The second kappa shape index (κ2) is 15.1. The van der Waals surface area contributed by atoms with E-state index in [1.54, 1.807) is 5.56 Å². The highest BCUT2D eigenvalue weighted by atomic mass is 14.6. The molecule has 0 aromatic heterocycles. The maximum absolute atomic E-state index is 2.62. The predicted octanol–water partition coefficient (Wildman–Crippen LogP) is 18.1. The van der Waals surface area contributed by atoms with Crippen molar-refractivity contribution in [3.63, 3.8) is 0 Å². The fourth-order valence-electron chi connectivity index (χ4n) is 13.3. The lowest BCUT2D eigenvalue weighted by molar-refractivity contribution is 0.265. The van der Waals surface area contributed by atoms with Crippen LogP contribution in [0.5, 0.6) is 0 Å². The van der Waals surface area contributed by atoms with E-state index in [4.69, 9.17) is 0 Å². The molecule has 0 aliphatic heterocycles. The largest absolute Gasteiger partial charge is 0.0622 e. The van der Waals surface area contributed by atoms with Gasteiger partial charge in [-0.3, -0.25) is 0 Å². The van der Waals surface area contributed by atoms with Gasteiger partial charge in [0.25, 0.3) is 0 Å². The van der Waals surface area contributed by atoms with Crippen LogP contribution in [0.25, 0.3) is 99.1 Å². The van der Waals surface area contributed by atoms with Crippen LogP contribution in [0.2, 0.25) is 0 Å². The third-order valence-corrected chi connectivity index (χ3v) is 16.1. The van der Waals surface area contributed by atoms with Crippen molar-refractivity contribution in [2.24, 2.45) is 5.92 Å². The molecule has 0 bridgehead atoms. The van der Waals surface area contributed by atoms with Gasteiger partial charge in [0.15, 0.2) is 0 Å². The third kappa shape index (κ3) is 5.72. The lowest BCUT2D eigenvalue weighted by atomic mass is 9.63. The summed E-state index contributed by atoms with van der Waals surface area (Å²) in [4.78, 5) is 0. The molecule has 14 rings (SSSR count).